The van der Waals surface area contributed by atoms with Crippen molar-refractivity contribution in [3.63, 3.8) is 0 Å². The van der Waals surface area contributed by atoms with E-state index in [9.17, 15) is 22.8 Å². The summed E-state index contributed by atoms with van der Waals surface area (Å²) in [5.41, 5.74) is 2.80. The predicted octanol–water partition coefficient (Wildman–Crippen LogP) is 6.32. The van der Waals surface area contributed by atoms with Crippen molar-refractivity contribution in [3.8, 4) is 11.6 Å². The molecule has 1 fully saturated rings. The van der Waals surface area contributed by atoms with Gasteiger partial charge in [-0.15, -0.1) is 0 Å². The molecule has 42 heavy (non-hydrogen) atoms. The molecule has 0 atom stereocenters. The highest BCUT2D eigenvalue weighted by Gasteiger charge is 2.24. The first-order chi connectivity index (χ1) is 20.3. The second-order valence-electron chi connectivity index (χ2n) is 9.74. The zero-order valence-corrected chi connectivity index (χ0v) is 23.8. The van der Waals surface area contributed by atoms with E-state index in [0.29, 0.717) is 46.8 Å². The van der Waals surface area contributed by atoms with Gasteiger partial charge in [0.1, 0.15) is 12.4 Å². The summed E-state index contributed by atoms with van der Waals surface area (Å²) in [6.45, 7) is 1.63. The first-order valence-electron chi connectivity index (χ1n) is 13.4. The summed E-state index contributed by atoms with van der Waals surface area (Å²) in [6, 6.07) is 14.0. The fourth-order valence-corrected chi connectivity index (χ4v) is 4.96. The molecule has 0 spiro atoms. The lowest BCUT2D eigenvalue weighted by Crippen LogP contribution is -2.39. The summed E-state index contributed by atoms with van der Waals surface area (Å²) in [5.74, 6) is 1.13. The summed E-state index contributed by atoms with van der Waals surface area (Å²) in [6.07, 6.45) is 5.24. The Kier molecular flexibility index (Phi) is 10.8. The van der Waals surface area contributed by atoms with E-state index in [1.54, 1.807) is 42.5 Å². The van der Waals surface area contributed by atoms with Gasteiger partial charge in [0, 0.05) is 61.2 Å². The van der Waals surface area contributed by atoms with Gasteiger partial charge in [0.05, 0.1) is 10.5 Å². The molecule has 222 valence electrons. The molecular formula is C30H31ClF3N5O3. The van der Waals surface area contributed by atoms with Crippen LogP contribution in [-0.4, -0.2) is 64.7 Å². The fourth-order valence-electron chi connectivity index (χ4n) is 4.85. The highest BCUT2D eigenvalue weighted by Crippen LogP contribution is 2.26. The molecule has 0 aliphatic carbocycles. The Morgan fingerprint density at radius 2 is 1.76 bits per heavy atom. The molecule has 8 nitrogen and oxygen atoms in total. The lowest BCUT2D eigenvalue weighted by Gasteiger charge is -2.32. The largest absolute Gasteiger partial charge is 0.439 e. The number of alkyl halides is 3. The van der Waals surface area contributed by atoms with Crippen molar-refractivity contribution >= 4 is 34.3 Å². The molecule has 1 aliphatic rings. The number of carbonyl (C=O) groups excluding carboxylic acids is 2. The number of aromatic nitrogens is 3. The molecule has 12 heteroatoms. The van der Waals surface area contributed by atoms with Crippen LogP contribution in [0.1, 0.15) is 39.1 Å². The summed E-state index contributed by atoms with van der Waals surface area (Å²) < 4.78 is 39.3. The average Bonchev–Trinajstić information content (AvgIpc) is 3.41. The van der Waals surface area contributed by atoms with E-state index >= 15 is 0 Å². The van der Waals surface area contributed by atoms with Crippen LogP contribution < -0.4 is 10.1 Å². The van der Waals surface area contributed by atoms with Crippen LogP contribution in [0.2, 0.25) is 5.02 Å². The van der Waals surface area contributed by atoms with Crippen molar-refractivity contribution in [2.45, 2.75) is 26.3 Å². The van der Waals surface area contributed by atoms with Crippen LogP contribution >= 0.6 is 11.6 Å². The molecule has 1 saturated heterocycles. The number of piperidine rings is 1. The molecule has 5 rings (SSSR count). The number of carbonyl (C=O) groups is 2. The molecule has 1 aliphatic heterocycles. The summed E-state index contributed by atoms with van der Waals surface area (Å²) in [4.78, 5) is 31.4. The topological polar surface area (TPSA) is 89.4 Å². The molecule has 0 saturated carbocycles. The number of hydrogen-bond acceptors (Lipinski definition) is 5. The van der Waals surface area contributed by atoms with Crippen molar-refractivity contribution in [3.05, 3.63) is 82.6 Å². The number of pyridine rings is 1. The number of likely N-dealkylation sites (tertiary alicyclic amines) is 1. The van der Waals surface area contributed by atoms with Crippen LogP contribution in [0.25, 0.3) is 10.9 Å². The number of ether oxygens (including phenoxy) is 1. The van der Waals surface area contributed by atoms with E-state index in [4.69, 9.17) is 21.4 Å². The Labute approximate surface area is 246 Å². The van der Waals surface area contributed by atoms with E-state index < -0.39 is 13.6 Å². The van der Waals surface area contributed by atoms with Crippen LogP contribution in [0.4, 0.5) is 13.2 Å². The zero-order chi connectivity index (χ0) is 30.1. The van der Waals surface area contributed by atoms with Crippen molar-refractivity contribution in [2.75, 3.05) is 33.2 Å². The van der Waals surface area contributed by atoms with Crippen LogP contribution in [0, 0.1) is 12.8 Å². The highest BCUT2D eigenvalue weighted by molar-refractivity contribution is 6.30. The lowest BCUT2D eigenvalue weighted by molar-refractivity contribution is 0.0681. The number of nitrogens with zero attached hydrogens (tertiary/aromatic N) is 4. The van der Waals surface area contributed by atoms with Gasteiger partial charge >= 0.3 is 0 Å². The first kappa shape index (κ1) is 30.8. The molecule has 0 bridgehead atoms. The third kappa shape index (κ3) is 7.79. The number of nitrogens with one attached hydrogen (secondary N) is 1. The Balaban J connectivity index is 0.00000129. The molecular weight excluding hydrogens is 571 g/mol. The standard InChI is InChI=1S/C29H29ClFN5O3.CH2F2/c1-19-24(28(37)32-13-12-31)7-8-26-25(19)18-36(34-26)17-20-10-14-35(15-11-20)29(38)21-2-5-23(6-3-21)39-27-9-4-22(30)16-33-27;2-1-3/h2-9,16,18,20H,10-15,17H2,1H3,(H,32,37);1H2. The fraction of sp³-hybridized carbons (Fsp3) is 0.333. The second-order valence-corrected chi connectivity index (χ2v) is 10.2. The predicted molar refractivity (Wildman–Crippen MR) is 154 cm³/mol. The van der Waals surface area contributed by atoms with E-state index in [-0.39, 0.29) is 18.4 Å². The van der Waals surface area contributed by atoms with E-state index in [0.717, 1.165) is 35.9 Å². The number of rotatable bonds is 8. The van der Waals surface area contributed by atoms with Gasteiger partial charge in [0.15, 0.2) is 0 Å². The van der Waals surface area contributed by atoms with Crippen LogP contribution in [-0.2, 0) is 6.54 Å². The van der Waals surface area contributed by atoms with E-state index in [1.807, 2.05) is 28.8 Å². The second kappa shape index (κ2) is 14.7. The van der Waals surface area contributed by atoms with E-state index in [1.165, 1.54) is 6.20 Å². The SMILES string of the molecule is Cc1c(C(=O)NCCF)ccc2nn(CC3CCN(C(=O)c4ccc(Oc5ccc(Cl)cn5)cc4)CC3)cc12.FCF. The maximum atomic E-state index is 13.1. The third-order valence-electron chi connectivity index (χ3n) is 7.00. The van der Waals surface area contributed by atoms with Crippen molar-refractivity contribution in [1.29, 1.82) is 0 Å². The van der Waals surface area contributed by atoms with E-state index in [2.05, 4.69) is 10.3 Å². The zero-order valence-electron chi connectivity index (χ0n) is 23.0. The molecule has 2 amide bonds. The molecule has 4 aromatic rings. The Bertz CT molecular complexity index is 1490. The van der Waals surface area contributed by atoms with Gasteiger partial charge < -0.3 is 15.0 Å². The van der Waals surface area contributed by atoms with Gasteiger partial charge in [-0.1, -0.05) is 11.6 Å². The van der Waals surface area contributed by atoms with Gasteiger partial charge in [0.25, 0.3) is 11.8 Å². The quantitative estimate of drug-likeness (QED) is 0.255. The number of fused-ring (bicyclic) bond motifs is 1. The minimum atomic E-state index is -1.75. The van der Waals surface area contributed by atoms with Crippen LogP contribution in [0.5, 0.6) is 11.6 Å². The Hall–Kier alpha value is -4.12. The molecule has 0 radical (unpaired) electrons. The molecule has 3 heterocycles. The van der Waals surface area contributed by atoms with Crippen molar-refractivity contribution in [2.24, 2.45) is 5.92 Å². The van der Waals surface area contributed by atoms with Gasteiger partial charge in [-0.05, 0) is 73.7 Å². The third-order valence-corrected chi connectivity index (χ3v) is 7.23. The molecule has 2 aromatic carbocycles. The molecule has 0 unspecified atom stereocenters. The van der Waals surface area contributed by atoms with Crippen LogP contribution in [0.3, 0.4) is 0 Å². The normalized spacial score (nSPS) is 13.4. The van der Waals surface area contributed by atoms with Crippen molar-refractivity contribution in [1.82, 2.24) is 25.0 Å². The first-order valence-corrected chi connectivity index (χ1v) is 13.8. The Morgan fingerprint density at radius 3 is 2.40 bits per heavy atom. The molecule has 2 aromatic heterocycles. The lowest BCUT2D eigenvalue weighted by atomic mass is 9.96. The smallest absolute Gasteiger partial charge is 0.253 e. The van der Waals surface area contributed by atoms with Gasteiger partial charge in [-0.25, -0.2) is 18.2 Å². The van der Waals surface area contributed by atoms with Gasteiger partial charge in [-0.3, -0.25) is 14.3 Å². The summed E-state index contributed by atoms with van der Waals surface area (Å²) in [7, 11) is 0. The maximum absolute atomic E-state index is 13.1. The minimum Gasteiger partial charge on any atom is -0.439 e. The molecule has 1 N–H and O–H groups in total. The monoisotopic (exact) mass is 601 g/mol. The number of benzene rings is 2. The number of amides is 2. The Morgan fingerprint density at radius 1 is 1.05 bits per heavy atom. The van der Waals surface area contributed by atoms with Crippen molar-refractivity contribution < 1.29 is 27.5 Å². The summed E-state index contributed by atoms with van der Waals surface area (Å²) in [5, 5.41) is 8.72. The van der Waals surface area contributed by atoms with Crippen LogP contribution in [0.15, 0.2) is 60.9 Å². The highest BCUT2D eigenvalue weighted by atomic mass is 35.5. The number of aryl methyl sites for hydroxylation is 1. The average molecular weight is 602 g/mol. The maximum Gasteiger partial charge on any atom is 0.253 e. The summed E-state index contributed by atoms with van der Waals surface area (Å²) >= 11 is 5.86. The number of hydrogen-bond donors (Lipinski definition) is 1. The minimum absolute atomic E-state index is 0.00145. The van der Waals surface area contributed by atoms with Gasteiger partial charge in [-0.2, -0.15) is 5.10 Å². The number of halogens is 4. The van der Waals surface area contributed by atoms with Gasteiger partial charge in [0.2, 0.25) is 12.8 Å².